The van der Waals surface area contributed by atoms with Crippen LogP contribution in [0.4, 0.5) is 10.1 Å². The van der Waals surface area contributed by atoms with Gasteiger partial charge in [-0.1, -0.05) is 36.8 Å². The Hall–Kier alpha value is -2.46. The van der Waals surface area contributed by atoms with Crippen LogP contribution >= 0.6 is 34.9 Å². The van der Waals surface area contributed by atoms with Crippen LogP contribution in [0.5, 0.6) is 0 Å². The topological polar surface area (TPSA) is 102 Å². The molecule has 0 aromatic carbocycles. The second-order valence-corrected chi connectivity index (χ2v) is 13.6. The summed E-state index contributed by atoms with van der Waals surface area (Å²) < 4.78 is 21.6. The molecule has 0 spiro atoms. The lowest BCUT2D eigenvalue weighted by molar-refractivity contribution is -0.136. The first-order valence-corrected chi connectivity index (χ1v) is 15.2. The molecule has 1 amide bonds. The number of nitrogens with one attached hydrogen (secondary N) is 1. The third kappa shape index (κ3) is 4.67. The molecule has 13 heteroatoms. The van der Waals surface area contributed by atoms with Crippen molar-refractivity contribution in [1.82, 2.24) is 29.2 Å². The van der Waals surface area contributed by atoms with Gasteiger partial charge < -0.3 is 9.80 Å². The number of nitrogens with zero attached hydrogens (tertiary/aromatic N) is 7. The molecule has 1 N–H and O–H groups in total. The Morgan fingerprint density at radius 3 is 2.67 bits per heavy atom. The van der Waals surface area contributed by atoms with E-state index < -0.39 is 5.41 Å². The monoisotopic (exact) mass is 588 g/mol. The number of imidazole rings is 1. The second kappa shape index (κ2) is 9.58. The average Bonchev–Trinajstić information content (AvgIpc) is 3.78. The number of carbonyl (C=O) groups is 1. The quantitative estimate of drug-likeness (QED) is 0.383. The number of nitriles is 1. The van der Waals surface area contributed by atoms with Crippen LogP contribution in [0.1, 0.15) is 58.4 Å². The van der Waals surface area contributed by atoms with Gasteiger partial charge in [0, 0.05) is 43.3 Å². The van der Waals surface area contributed by atoms with Crippen LogP contribution in [-0.4, -0.2) is 61.6 Å². The molecule has 3 aliphatic rings. The molecule has 0 bridgehead atoms. The summed E-state index contributed by atoms with van der Waals surface area (Å²) in [7, 11) is 0. The summed E-state index contributed by atoms with van der Waals surface area (Å²) in [6, 6.07) is 2.27. The third-order valence-corrected chi connectivity index (χ3v) is 10.4. The predicted octanol–water partition coefficient (Wildman–Crippen LogP) is 5.04. The number of fused-ring (bicyclic) bond motifs is 1. The second-order valence-electron chi connectivity index (χ2n) is 11.5. The molecule has 1 aliphatic heterocycles. The van der Waals surface area contributed by atoms with Crippen molar-refractivity contribution in [3.8, 4) is 16.9 Å². The number of rotatable bonds is 7. The Bertz CT molecular complexity index is 1510. The minimum atomic E-state index is -0.558. The number of halogens is 2. The van der Waals surface area contributed by atoms with Gasteiger partial charge in [-0.25, -0.2) is 9.37 Å². The lowest BCUT2D eigenvalue weighted by atomic mass is 10.1. The van der Waals surface area contributed by atoms with E-state index in [4.69, 9.17) is 11.6 Å². The first kappa shape index (κ1) is 26.7. The Labute approximate surface area is 239 Å². The highest BCUT2D eigenvalue weighted by molar-refractivity contribution is 7.97. The molecule has 1 atom stereocenters. The maximum absolute atomic E-state index is 16.4. The summed E-state index contributed by atoms with van der Waals surface area (Å²) in [5.41, 5.74) is 0.261. The maximum Gasteiger partial charge on any atom is 0.225 e. The molecule has 9 nitrogen and oxygen atoms in total. The highest BCUT2D eigenvalue weighted by Gasteiger charge is 2.48. The van der Waals surface area contributed by atoms with Crippen molar-refractivity contribution >= 4 is 52.0 Å². The van der Waals surface area contributed by atoms with Crippen molar-refractivity contribution in [3.63, 3.8) is 0 Å². The molecule has 206 valence electrons. The fraction of sp³-hybridized carbons (Fsp3) is 0.577. The fourth-order valence-corrected chi connectivity index (χ4v) is 7.13. The van der Waals surface area contributed by atoms with Crippen molar-refractivity contribution in [2.24, 2.45) is 5.92 Å². The van der Waals surface area contributed by atoms with Gasteiger partial charge >= 0.3 is 0 Å². The average molecular weight is 589 g/mol. The number of hydrogen-bond acceptors (Lipinski definition) is 9. The summed E-state index contributed by atoms with van der Waals surface area (Å²) in [5.74, 6) is 0.0978. The van der Waals surface area contributed by atoms with Gasteiger partial charge in [-0.3, -0.25) is 13.9 Å². The van der Waals surface area contributed by atoms with E-state index >= 15 is 4.39 Å². The van der Waals surface area contributed by atoms with Crippen LogP contribution in [0.25, 0.3) is 16.3 Å². The third-order valence-electron chi connectivity index (χ3n) is 7.88. The van der Waals surface area contributed by atoms with Gasteiger partial charge in [-0.05, 0) is 51.5 Å². The van der Waals surface area contributed by atoms with Gasteiger partial charge in [0.25, 0.3) is 0 Å². The summed E-state index contributed by atoms with van der Waals surface area (Å²) in [6.07, 6.45) is 5.33. The molecule has 3 fully saturated rings. The van der Waals surface area contributed by atoms with E-state index in [1.54, 1.807) is 10.6 Å². The van der Waals surface area contributed by atoms with Gasteiger partial charge in [0.2, 0.25) is 5.91 Å². The van der Waals surface area contributed by atoms with Gasteiger partial charge in [-0.2, -0.15) is 5.26 Å². The number of piperazine rings is 1. The molecular formula is C26H30ClFN8OS2. The van der Waals surface area contributed by atoms with Gasteiger partial charge in [-0.15, -0.1) is 10.2 Å². The van der Waals surface area contributed by atoms with Crippen molar-refractivity contribution in [1.29, 1.82) is 5.26 Å². The van der Waals surface area contributed by atoms with E-state index in [9.17, 15) is 10.1 Å². The Morgan fingerprint density at radius 1 is 1.31 bits per heavy atom. The van der Waals surface area contributed by atoms with Crippen LogP contribution in [0.15, 0.2) is 11.1 Å². The summed E-state index contributed by atoms with van der Waals surface area (Å²) in [4.78, 5) is 21.6. The minimum absolute atomic E-state index is 0.0109. The minimum Gasteiger partial charge on any atom is -0.364 e. The number of pyridine rings is 1. The molecule has 2 aliphatic carbocycles. The van der Waals surface area contributed by atoms with Crippen molar-refractivity contribution < 1.29 is 9.18 Å². The van der Waals surface area contributed by atoms with Crippen molar-refractivity contribution in [3.05, 3.63) is 22.2 Å². The zero-order valence-electron chi connectivity index (χ0n) is 22.3. The van der Waals surface area contributed by atoms with Crippen LogP contribution in [0.2, 0.25) is 5.15 Å². The maximum atomic E-state index is 16.4. The molecule has 3 aromatic rings. The number of anilines is 1. The summed E-state index contributed by atoms with van der Waals surface area (Å²) >= 11 is 9.33. The van der Waals surface area contributed by atoms with E-state index in [2.05, 4.69) is 32.9 Å². The Morgan fingerprint density at radius 2 is 2.05 bits per heavy atom. The van der Waals surface area contributed by atoms with E-state index in [0.29, 0.717) is 51.6 Å². The molecule has 4 heterocycles. The zero-order chi connectivity index (χ0) is 27.7. The number of carbonyl (C=O) groups excluding carboxylic acids is 1. The van der Waals surface area contributed by atoms with Crippen LogP contribution < -0.4 is 9.62 Å². The van der Waals surface area contributed by atoms with Crippen molar-refractivity contribution in [2.75, 3.05) is 24.5 Å². The highest BCUT2D eigenvalue weighted by atomic mass is 35.5. The van der Waals surface area contributed by atoms with E-state index in [1.165, 1.54) is 23.3 Å². The van der Waals surface area contributed by atoms with E-state index in [0.717, 1.165) is 25.7 Å². The molecule has 39 heavy (non-hydrogen) atoms. The summed E-state index contributed by atoms with van der Waals surface area (Å²) in [5, 5.41) is 19.6. The Balaban J connectivity index is 1.43. The summed E-state index contributed by atoms with van der Waals surface area (Å²) in [6.45, 7) is 9.33. The number of hydrogen-bond donors (Lipinski definition) is 1. The van der Waals surface area contributed by atoms with E-state index in [-0.39, 0.29) is 34.4 Å². The molecule has 6 rings (SSSR count). The fourth-order valence-electron chi connectivity index (χ4n) is 4.94. The SMILES string of the molecule is CC(C)C(=O)N1CCN(c2c(F)c(SNC3(C)CC3)cn3c(-c4nnc(C5(C#N)CC5)s4)nc(Cl)c23)CC1C. The lowest BCUT2D eigenvalue weighted by Gasteiger charge is -2.42. The van der Waals surface area contributed by atoms with Crippen LogP contribution in [0.3, 0.4) is 0 Å². The first-order valence-electron chi connectivity index (χ1n) is 13.2. The van der Waals surface area contributed by atoms with Gasteiger partial charge in [0.05, 0.1) is 11.0 Å². The normalized spacial score (nSPS) is 21.4. The predicted molar refractivity (Wildman–Crippen MR) is 150 cm³/mol. The van der Waals surface area contributed by atoms with Gasteiger partial charge in [0.1, 0.15) is 21.6 Å². The molecule has 2 saturated carbocycles. The molecule has 1 saturated heterocycles. The molecule has 3 aromatic heterocycles. The smallest absolute Gasteiger partial charge is 0.225 e. The van der Waals surface area contributed by atoms with Crippen LogP contribution in [-0.2, 0) is 10.2 Å². The number of amides is 1. The van der Waals surface area contributed by atoms with E-state index in [1.807, 2.05) is 30.6 Å². The van der Waals surface area contributed by atoms with Gasteiger partial charge in [0.15, 0.2) is 21.8 Å². The standard InChI is InChI=1S/C26H30ClFN8OS2/c1-14(2)23(37)35-10-9-34(11-15(35)3)18-17(28)16(39-33-25(4)5-6-25)12-36-19(18)20(27)30-21(36)22-31-32-24(38-22)26(13-29)7-8-26/h12,14-15,33H,5-11H2,1-4H3. The van der Waals surface area contributed by atoms with Crippen molar-refractivity contribution in [2.45, 2.75) is 75.3 Å². The number of aromatic nitrogens is 4. The highest BCUT2D eigenvalue weighted by Crippen LogP contribution is 2.49. The van der Waals surface area contributed by atoms with Crippen LogP contribution in [0, 0.1) is 23.1 Å². The Kier molecular flexibility index (Phi) is 6.57. The zero-order valence-corrected chi connectivity index (χ0v) is 24.7. The molecular weight excluding hydrogens is 559 g/mol. The lowest BCUT2D eigenvalue weighted by Crippen LogP contribution is -2.55. The first-order chi connectivity index (χ1) is 18.6. The largest absolute Gasteiger partial charge is 0.364 e. The molecule has 0 radical (unpaired) electrons. The molecule has 1 unspecified atom stereocenters.